The molecule has 3 aromatic rings. The molecule has 5 nitrogen and oxygen atoms in total. The molecule has 110 valence electrons. The fourth-order valence-electron chi connectivity index (χ4n) is 2.64. The van der Waals surface area contributed by atoms with Crippen molar-refractivity contribution in [2.45, 2.75) is 0 Å². The summed E-state index contributed by atoms with van der Waals surface area (Å²) in [5.74, 6) is 0.244. The number of hydrogen-bond acceptors (Lipinski definition) is 4. The molecular weight excluding hydrogens is 356 g/mol. The predicted molar refractivity (Wildman–Crippen MR) is 89.0 cm³/mol. The van der Waals surface area contributed by atoms with Gasteiger partial charge in [0.05, 0.1) is 16.3 Å². The van der Waals surface area contributed by atoms with Gasteiger partial charge in [0.15, 0.2) is 11.7 Å². The van der Waals surface area contributed by atoms with E-state index in [0.717, 1.165) is 26.1 Å². The van der Waals surface area contributed by atoms with Crippen molar-refractivity contribution in [3.8, 4) is 11.9 Å². The molecule has 0 fully saturated rings. The van der Waals surface area contributed by atoms with Crippen molar-refractivity contribution in [2.24, 2.45) is 9.98 Å². The smallest absolute Gasteiger partial charge is 0.198 e. The maximum atomic E-state index is 10.3. The van der Waals surface area contributed by atoms with Gasteiger partial charge >= 0.3 is 0 Å². The predicted octanol–water partition coefficient (Wildman–Crippen LogP) is 2.78. The van der Waals surface area contributed by atoms with Gasteiger partial charge in [-0.15, -0.1) is 0 Å². The normalized spacial score (nSPS) is 12.4. The number of hydrogen-bond donors (Lipinski definition) is 2. The van der Waals surface area contributed by atoms with Gasteiger partial charge in [-0.2, -0.15) is 5.26 Å². The Bertz CT molecular complexity index is 1110. The Morgan fingerprint density at radius 3 is 2.48 bits per heavy atom. The van der Waals surface area contributed by atoms with Crippen LogP contribution in [0.1, 0.15) is 5.56 Å². The lowest BCUT2D eigenvalue weighted by Gasteiger charge is -2.00. The van der Waals surface area contributed by atoms with E-state index in [1.54, 1.807) is 0 Å². The van der Waals surface area contributed by atoms with Crippen LogP contribution >= 0.6 is 15.9 Å². The van der Waals surface area contributed by atoms with Gasteiger partial charge in [-0.3, -0.25) is 0 Å². The van der Waals surface area contributed by atoms with E-state index in [4.69, 9.17) is 0 Å². The first-order chi connectivity index (χ1) is 11.2. The van der Waals surface area contributed by atoms with Gasteiger partial charge < -0.3 is 10.1 Å². The second kappa shape index (κ2) is 5.07. The van der Waals surface area contributed by atoms with Crippen molar-refractivity contribution < 1.29 is 5.11 Å². The highest BCUT2D eigenvalue weighted by Gasteiger charge is 2.20. The fraction of sp³-hybridized carbons (Fsp3) is 0. The van der Waals surface area contributed by atoms with Gasteiger partial charge in [0, 0.05) is 15.4 Å². The van der Waals surface area contributed by atoms with Crippen molar-refractivity contribution in [2.75, 3.05) is 0 Å². The summed E-state index contributed by atoms with van der Waals surface area (Å²) in [5.41, 5.74) is 1.40. The molecule has 2 aromatic carbocycles. The number of nitriles is 1. The zero-order valence-electron chi connectivity index (χ0n) is 11.7. The van der Waals surface area contributed by atoms with Crippen molar-refractivity contribution in [3.63, 3.8) is 0 Å². The molecule has 0 bridgehead atoms. The number of para-hydroxylation sites is 2. The molecule has 2 heterocycles. The van der Waals surface area contributed by atoms with Crippen LogP contribution in [-0.4, -0.2) is 10.1 Å². The molecule has 1 aliphatic rings. The van der Waals surface area contributed by atoms with Crippen LogP contribution in [-0.2, 0) is 0 Å². The molecule has 0 saturated carbocycles. The summed E-state index contributed by atoms with van der Waals surface area (Å²) in [5, 5.41) is 22.1. The topological polar surface area (TPSA) is 84.5 Å². The molecule has 0 saturated heterocycles. The van der Waals surface area contributed by atoms with Crippen LogP contribution in [0.5, 0.6) is 5.88 Å². The molecular formula is C17H9BrN4O. The number of fused-ring (bicyclic) bond motifs is 2. The van der Waals surface area contributed by atoms with Gasteiger partial charge in [-0.25, -0.2) is 9.98 Å². The van der Waals surface area contributed by atoms with E-state index in [1.165, 1.54) is 0 Å². The third-order valence-electron chi connectivity index (χ3n) is 3.66. The average Bonchev–Trinajstić information content (AvgIpc) is 3.10. The minimum Gasteiger partial charge on any atom is -0.494 e. The molecule has 4 rings (SSSR count). The Kier molecular flexibility index (Phi) is 3.03. The molecule has 0 radical (unpaired) electrons. The highest BCUT2D eigenvalue weighted by molar-refractivity contribution is 9.10. The third-order valence-corrected chi connectivity index (χ3v) is 4.15. The minimum absolute atomic E-state index is 0.0662. The number of aromatic nitrogens is 1. The Morgan fingerprint density at radius 1 is 1.13 bits per heavy atom. The molecule has 0 atom stereocenters. The van der Waals surface area contributed by atoms with Gasteiger partial charge in [0.2, 0.25) is 0 Å². The molecule has 23 heavy (non-hydrogen) atoms. The number of nitrogens with zero attached hydrogens (tertiary/aromatic N) is 3. The summed E-state index contributed by atoms with van der Waals surface area (Å²) in [7, 11) is 0. The van der Waals surface area contributed by atoms with Crippen LogP contribution in [0, 0.1) is 11.3 Å². The van der Waals surface area contributed by atoms with Crippen LogP contribution in [0.15, 0.2) is 62.7 Å². The second-order valence-electron chi connectivity index (χ2n) is 5.06. The zero-order valence-corrected chi connectivity index (χ0v) is 13.3. The van der Waals surface area contributed by atoms with Crippen LogP contribution in [0.2, 0.25) is 0 Å². The minimum atomic E-state index is -0.0662. The Hall–Kier alpha value is -2.91. The summed E-state index contributed by atoms with van der Waals surface area (Å²) in [6, 6.07) is 15.1. The number of benzene rings is 2. The second-order valence-corrected chi connectivity index (χ2v) is 5.98. The molecule has 0 amide bonds. The first-order valence-corrected chi connectivity index (χ1v) is 7.64. The van der Waals surface area contributed by atoms with Gasteiger partial charge in [-0.05, 0) is 30.3 Å². The SMILES string of the molecule is N#CC(=C1N=c2ccccc2=N1)c1c(O)[nH]c2ccc(Br)cc12. The molecule has 1 aliphatic heterocycles. The van der Waals surface area contributed by atoms with E-state index < -0.39 is 0 Å². The van der Waals surface area contributed by atoms with E-state index in [1.807, 2.05) is 42.5 Å². The van der Waals surface area contributed by atoms with Gasteiger partial charge in [-0.1, -0.05) is 28.1 Å². The summed E-state index contributed by atoms with van der Waals surface area (Å²) >= 11 is 3.41. The van der Waals surface area contributed by atoms with Crippen LogP contribution in [0.4, 0.5) is 0 Å². The number of aromatic amines is 1. The number of H-pyrrole nitrogens is 1. The van der Waals surface area contributed by atoms with E-state index in [2.05, 4.69) is 37.0 Å². The summed E-state index contributed by atoms with van der Waals surface area (Å²) < 4.78 is 0.858. The van der Waals surface area contributed by atoms with Gasteiger partial charge in [0.1, 0.15) is 11.6 Å². The van der Waals surface area contributed by atoms with Crippen molar-refractivity contribution in [1.82, 2.24) is 4.98 Å². The molecule has 0 unspecified atom stereocenters. The number of allylic oxidation sites excluding steroid dienone is 1. The lowest BCUT2D eigenvalue weighted by Crippen LogP contribution is -2.19. The highest BCUT2D eigenvalue weighted by Crippen LogP contribution is 2.36. The fourth-order valence-corrected chi connectivity index (χ4v) is 3.00. The monoisotopic (exact) mass is 364 g/mol. The number of rotatable bonds is 1. The quantitative estimate of drug-likeness (QED) is 0.650. The van der Waals surface area contributed by atoms with Crippen LogP contribution in [0.25, 0.3) is 16.5 Å². The maximum Gasteiger partial charge on any atom is 0.198 e. The standard InChI is InChI=1S/C17H9BrN4O/c18-9-5-6-12-10(7-9)15(17(23)22-12)11(8-19)16-20-13-3-1-2-4-14(13)21-16/h1-7,22-23H. The van der Waals surface area contributed by atoms with Crippen molar-refractivity contribution >= 4 is 32.4 Å². The lowest BCUT2D eigenvalue weighted by molar-refractivity contribution is 0.457. The first kappa shape index (κ1) is 13.7. The molecule has 1 aromatic heterocycles. The van der Waals surface area contributed by atoms with E-state index in [0.29, 0.717) is 11.4 Å². The van der Waals surface area contributed by atoms with E-state index >= 15 is 0 Å². The summed E-state index contributed by atoms with van der Waals surface area (Å²) in [4.78, 5) is 11.7. The molecule has 0 aliphatic carbocycles. The summed E-state index contributed by atoms with van der Waals surface area (Å²) in [6.45, 7) is 0. The average molecular weight is 365 g/mol. The van der Waals surface area contributed by atoms with Crippen molar-refractivity contribution in [1.29, 1.82) is 5.26 Å². The largest absolute Gasteiger partial charge is 0.494 e. The Morgan fingerprint density at radius 2 is 1.83 bits per heavy atom. The number of nitrogens with one attached hydrogen (secondary N) is 1. The molecule has 6 heteroatoms. The third kappa shape index (κ3) is 2.14. The number of halogens is 1. The van der Waals surface area contributed by atoms with Crippen molar-refractivity contribution in [3.05, 3.63) is 69.0 Å². The Labute approximate surface area is 139 Å². The van der Waals surface area contributed by atoms with E-state index in [9.17, 15) is 10.4 Å². The molecule has 2 N–H and O–H groups in total. The van der Waals surface area contributed by atoms with Gasteiger partial charge in [0.25, 0.3) is 0 Å². The molecule has 0 spiro atoms. The van der Waals surface area contributed by atoms with Crippen LogP contribution < -0.4 is 10.7 Å². The maximum absolute atomic E-state index is 10.3. The Balaban J connectivity index is 2.05. The first-order valence-electron chi connectivity index (χ1n) is 6.85. The summed E-state index contributed by atoms with van der Waals surface area (Å²) in [6.07, 6.45) is 0. The van der Waals surface area contributed by atoms with E-state index in [-0.39, 0.29) is 11.5 Å². The number of aromatic hydroxyl groups is 1. The lowest BCUT2D eigenvalue weighted by atomic mass is 10.1. The zero-order chi connectivity index (χ0) is 16.0. The highest BCUT2D eigenvalue weighted by atomic mass is 79.9. The van der Waals surface area contributed by atoms with Crippen LogP contribution in [0.3, 0.4) is 0 Å².